The van der Waals surface area contributed by atoms with E-state index in [1.165, 1.54) is 41.8 Å². The van der Waals surface area contributed by atoms with Crippen molar-refractivity contribution < 1.29 is 4.79 Å². The summed E-state index contributed by atoms with van der Waals surface area (Å²) >= 11 is 4.20. The van der Waals surface area contributed by atoms with Gasteiger partial charge in [0.25, 0.3) is 0 Å². The Labute approximate surface area is 111 Å². The van der Waals surface area contributed by atoms with Gasteiger partial charge in [0.05, 0.1) is 5.75 Å². The normalized spacial score (nSPS) is 11.8. The molecule has 1 aromatic rings. The minimum Gasteiger partial charge on any atom is -0.401 e. The second-order valence-corrected chi connectivity index (χ2v) is 6.17. The van der Waals surface area contributed by atoms with Crippen molar-refractivity contribution in [3.63, 3.8) is 0 Å². The lowest BCUT2D eigenvalue weighted by Gasteiger charge is -1.98. The Hall–Kier alpha value is -1.04. The highest BCUT2D eigenvalue weighted by Gasteiger charge is 2.13. The first-order chi connectivity index (χ1) is 8.08. The van der Waals surface area contributed by atoms with E-state index >= 15 is 0 Å². The fourth-order valence-electron chi connectivity index (χ4n) is 0.908. The van der Waals surface area contributed by atoms with Crippen LogP contribution in [0, 0.1) is 11.3 Å². The second kappa shape index (κ2) is 6.64. The van der Waals surface area contributed by atoms with Gasteiger partial charge in [-0.15, -0.1) is 10.2 Å². The second-order valence-electron chi connectivity index (χ2n) is 2.92. The van der Waals surface area contributed by atoms with Crippen molar-refractivity contribution in [2.45, 2.75) is 15.6 Å². The number of hydrogen-bond donors (Lipinski definition) is 1. The average molecular weight is 286 g/mol. The molecule has 17 heavy (non-hydrogen) atoms. The Balaban J connectivity index is 2.60. The van der Waals surface area contributed by atoms with Crippen LogP contribution >= 0.6 is 34.9 Å². The first-order valence-electron chi connectivity index (χ1n) is 4.48. The lowest BCUT2D eigenvalue weighted by atomic mass is 10.2. The van der Waals surface area contributed by atoms with Gasteiger partial charge in [0.15, 0.2) is 14.5 Å². The third-order valence-corrected chi connectivity index (χ3v) is 4.71. The number of hydrogen-bond acceptors (Lipinski definition) is 8. The summed E-state index contributed by atoms with van der Waals surface area (Å²) in [4.78, 5) is 11.6. The SMILES string of the molecule is CSc1nnc(SCC(=O)/C(C#N)=C(\C)N)s1. The molecular formula is C9H10N4OS3. The van der Waals surface area contributed by atoms with Gasteiger partial charge in [0.2, 0.25) is 0 Å². The quantitative estimate of drug-likeness (QED) is 0.500. The predicted molar refractivity (Wildman–Crippen MR) is 69.9 cm³/mol. The summed E-state index contributed by atoms with van der Waals surface area (Å²) in [5.41, 5.74) is 5.71. The van der Waals surface area contributed by atoms with E-state index in [0.29, 0.717) is 0 Å². The number of ketones is 1. The first-order valence-corrected chi connectivity index (χ1v) is 7.51. The Morgan fingerprint density at radius 1 is 1.53 bits per heavy atom. The summed E-state index contributed by atoms with van der Waals surface area (Å²) in [6.45, 7) is 1.54. The van der Waals surface area contributed by atoms with Gasteiger partial charge >= 0.3 is 0 Å². The highest BCUT2D eigenvalue weighted by molar-refractivity contribution is 8.03. The molecule has 0 aliphatic heterocycles. The predicted octanol–water partition coefficient (Wildman–Crippen LogP) is 1.68. The number of nitrogens with zero attached hydrogens (tertiary/aromatic N) is 3. The van der Waals surface area contributed by atoms with E-state index in [4.69, 9.17) is 11.0 Å². The molecule has 0 aliphatic carbocycles. The van der Waals surface area contributed by atoms with Crippen LogP contribution in [0.1, 0.15) is 6.92 Å². The van der Waals surface area contributed by atoms with Crippen LogP contribution in [0.3, 0.4) is 0 Å². The van der Waals surface area contributed by atoms with Crippen molar-refractivity contribution in [1.29, 1.82) is 5.26 Å². The molecule has 5 nitrogen and oxygen atoms in total. The summed E-state index contributed by atoms with van der Waals surface area (Å²) in [5.74, 6) is -0.126. The van der Waals surface area contributed by atoms with Crippen LogP contribution < -0.4 is 5.73 Å². The van der Waals surface area contributed by atoms with Gasteiger partial charge in [-0.05, 0) is 13.2 Å². The number of Topliss-reactive ketones (excluding diaryl/α,β-unsaturated/α-hetero) is 1. The number of nitrogens with two attached hydrogens (primary N) is 1. The molecule has 0 saturated heterocycles. The minimum absolute atomic E-state index is 0.0205. The molecule has 1 heterocycles. The number of aromatic nitrogens is 2. The van der Waals surface area contributed by atoms with E-state index in [-0.39, 0.29) is 22.8 Å². The third-order valence-electron chi connectivity index (χ3n) is 1.67. The van der Waals surface area contributed by atoms with Gasteiger partial charge in [-0.1, -0.05) is 34.9 Å². The maximum Gasteiger partial charge on any atom is 0.185 e. The summed E-state index contributed by atoms with van der Waals surface area (Å²) in [6.07, 6.45) is 1.91. The molecule has 0 radical (unpaired) electrons. The molecule has 2 N–H and O–H groups in total. The maximum absolute atomic E-state index is 11.6. The van der Waals surface area contributed by atoms with Crippen molar-refractivity contribution in [2.24, 2.45) is 5.73 Å². The van der Waals surface area contributed by atoms with Crippen LogP contribution in [0.4, 0.5) is 0 Å². The fourth-order valence-corrected chi connectivity index (χ4v) is 3.22. The molecule has 0 bridgehead atoms. The maximum atomic E-state index is 11.6. The molecule has 0 atom stereocenters. The topological polar surface area (TPSA) is 92.7 Å². The molecule has 90 valence electrons. The Bertz CT molecular complexity index is 485. The van der Waals surface area contributed by atoms with Gasteiger partial charge in [0, 0.05) is 5.70 Å². The van der Waals surface area contributed by atoms with E-state index in [1.807, 2.05) is 12.3 Å². The summed E-state index contributed by atoms with van der Waals surface area (Å²) in [6, 6.07) is 1.81. The van der Waals surface area contributed by atoms with Gasteiger partial charge < -0.3 is 5.73 Å². The van der Waals surface area contributed by atoms with E-state index in [1.54, 1.807) is 0 Å². The third kappa shape index (κ3) is 4.03. The van der Waals surface area contributed by atoms with Crippen LogP contribution in [0.15, 0.2) is 19.9 Å². The van der Waals surface area contributed by atoms with E-state index < -0.39 is 0 Å². The molecule has 8 heteroatoms. The van der Waals surface area contributed by atoms with Crippen LogP contribution in [-0.4, -0.2) is 28.0 Å². The van der Waals surface area contributed by atoms with Crippen LogP contribution in [0.2, 0.25) is 0 Å². The fraction of sp³-hybridized carbons (Fsp3) is 0.333. The molecule has 0 fully saturated rings. The monoisotopic (exact) mass is 286 g/mol. The van der Waals surface area contributed by atoms with E-state index in [9.17, 15) is 4.79 Å². The van der Waals surface area contributed by atoms with Crippen LogP contribution in [0.25, 0.3) is 0 Å². The molecular weight excluding hydrogens is 276 g/mol. The zero-order valence-corrected chi connectivity index (χ0v) is 11.7. The summed E-state index contributed by atoms with van der Waals surface area (Å²) in [5, 5.41) is 16.6. The Morgan fingerprint density at radius 2 is 2.18 bits per heavy atom. The molecule has 0 spiro atoms. The lowest BCUT2D eigenvalue weighted by molar-refractivity contribution is -0.112. The number of rotatable bonds is 5. The largest absolute Gasteiger partial charge is 0.401 e. The molecule has 0 aromatic carbocycles. The van der Waals surface area contributed by atoms with Crippen LogP contribution in [0.5, 0.6) is 0 Å². The standard InChI is InChI=1S/C9H10N4OS3/c1-5(11)6(3-10)7(14)4-16-9-13-12-8(15-2)17-9/h4,11H2,1-2H3/b6-5+. The first kappa shape index (κ1) is 14.0. The molecule has 1 rings (SSSR count). The van der Waals surface area contributed by atoms with Gasteiger partial charge in [0.1, 0.15) is 11.6 Å². The van der Waals surface area contributed by atoms with Crippen LogP contribution in [-0.2, 0) is 4.79 Å². The molecule has 0 amide bonds. The van der Waals surface area contributed by atoms with Gasteiger partial charge in [-0.25, -0.2) is 0 Å². The number of carbonyl (C=O) groups is 1. The average Bonchev–Trinajstić information content (AvgIpc) is 2.74. The molecule has 1 aromatic heterocycles. The number of thioether (sulfide) groups is 2. The Morgan fingerprint density at radius 3 is 2.65 bits per heavy atom. The Kier molecular flexibility index (Phi) is 5.47. The highest BCUT2D eigenvalue weighted by Crippen LogP contribution is 2.27. The van der Waals surface area contributed by atoms with E-state index in [0.717, 1.165) is 8.68 Å². The van der Waals surface area contributed by atoms with Gasteiger partial charge in [-0.3, -0.25) is 4.79 Å². The number of nitriles is 1. The highest BCUT2D eigenvalue weighted by atomic mass is 32.2. The number of allylic oxidation sites excluding steroid dienone is 2. The smallest absolute Gasteiger partial charge is 0.185 e. The summed E-state index contributed by atoms with van der Waals surface area (Å²) < 4.78 is 1.57. The van der Waals surface area contributed by atoms with Crippen molar-refractivity contribution in [3.05, 3.63) is 11.3 Å². The molecule has 0 unspecified atom stereocenters. The van der Waals surface area contributed by atoms with Crippen molar-refractivity contribution >= 4 is 40.6 Å². The lowest BCUT2D eigenvalue weighted by Crippen LogP contribution is -2.10. The van der Waals surface area contributed by atoms with Crippen molar-refractivity contribution in [1.82, 2.24) is 10.2 Å². The molecule has 0 saturated carbocycles. The van der Waals surface area contributed by atoms with Crippen molar-refractivity contribution in [2.75, 3.05) is 12.0 Å². The number of carbonyl (C=O) groups excluding carboxylic acids is 1. The minimum atomic E-state index is -0.279. The van der Waals surface area contributed by atoms with E-state index in [2.05, 4.69) is 10.2 Å². The van der Waals surface area contributed by atoms with Gasteiger partial charge in [-0.2, -0.15) is 5.26 Å². The molecule has 0 aliphatic rings. The van der Waals surface area contributed by atoms with Crippen molar-refractivity contribution in [3.8, 4) is 6.07 Å². The zero-order chi connectivity index (χ0) is 12.8. The summed E-state index contributed by atoms with van der Waals surface area (Å²) in [7, 11) is 0. The zero-order valence-electron chi connectivity index (χ0n) is 9.26.